The van der Waals surface area contributed by atoms with Gasteiger partial charge in [-0.15, -0.1) is 0 Å². The summed E-state index contributed by atoms with van der Waals surface area (Å²) in [4.78, 5) is 14.9. The van der Waals surface area contributed by atoms with E-state index < -0.39 is 61.9 Å². The highest BCUT2D eigenvalue weighted by Crippen LogP contribution is 2.53. The molecule has 3 heterocycles. The smallest absolute Gasteiger partial charge is 0.327 e. The molecule has 3 rings (SSSR count). The van der Waals surface area contributed by atoms with E-state index in [1.165, 1.54) is 25.4 Å². The third kappa shape index (κ3) is 4.46. The molecule has 190 valence electrons. The van der Waals surface area contributed by atoms with Crippen molar-refractivity contribution in [2.45, 2.75) is 36.0 Å². The van der Waals surface area contributed by atoms with Crippen molar-refractivity contribution in [3.63, 3.8) is 0 Å². The number of rotatable bonds is 7. The van der Waals surface area contributed by atoms with Gasteiger partial charge in [-0.3, -0.25) is 4.98 Å². The lowest BCUT2D eigenvalue weighted by Gasteiger charge is -2.30. The molecule has 7 nitrogen and oxygen atoms in total. The largest absolute Gasteiger partial charge is 0.460 e. The molecule has 0 aliphatic carbocycles. The Kier molecular flexibility index (Phi) is 6.65. The van der Waals surface area contributed by atoms with Crippen LogP contribution in [-0.4, -0.2) is 56.7 Å². The van der Waals surface area contributed by atoms with E-state index in [9.17, 15) is 43.5 Å². The predicted octanol–water partition coefficient (Wildman–Crippen LogP) is 4.58. The average molecular weight is 529 g/mol. The second-order valence-electron chi connectivity index (χ2n) is 7.17. The molecule has 0 fully saturated rings. The molecule has 0 bridgehead atoms. The van der Waals surface area contributed by atoms with Gasteiger partial charge in [-0.2, -0.15) is 30.7 Å². The summed E-state index contributed by atoms with van der Waals surface area (Å²) in [5.74, 6) is -13.8. The first-order chi connectivity index (χ1) is 16.1. The van der Waals surface area contributed by atoms with E-state index in [0.29, 0.717) is 10.8 Å². The SMILES string of the molecule is CCS(=O)(=O)c1cc(-c2ncccn2)cnc1-c1ncc(C(F)C(F)(F)C(F)(F)C(F)(F)F)n1C. The summed E-state index contributed by atoms with van der Waals surface area (Å²) in [5, 5.41) is 0. The fourth-order valence-electron chi connectivity index (χ4n) is 2.99. The highest BCUT2D eigenvalue weighted by Gasteiger charge is 2.76. The van der Waals surface area contributed by atoms with Crippen LogP contribution in [0.1, 0.15) is 18.8 Å². The topological polar surface area (TPSA) is 90.6 Å². The molecule has 0 amide bonds. The number of hydrogen-bond donors (Lipinski definition) is 0. The third-order valence-corrected chi connectivity index (χ3v) is 6.72. The lowest BCUT2D eigenvalue weighted by Crippen LogP contribution is -2.54. The van der Waals surface area contributed by atoms with E-state index in [0.717, 1.165) is 19.3 Å². The number of halogens is 8. The van der Waals surface area contributed by atoms with Crippen LogP contribution in [0.3, 0.4) is 0 Å². The number of sulfone groups is 1. The van der Waals surface area contributed by atoms with Crippen molar-refractivity contribution in [3.8, 4) is 22.9 Å². The van der Waals surface area contributed by atoms with E-state index in [1.807, 2.05) is 0 Å². The minimum absolute atomic E-state index is 0.0810. The van der Waals surface area contributed by atoms with Crippen molar-refractivity contribution in [1.82, 2.24) is 24.5 Å². The minimum Gasteiger partial charge on any atom is -0.327 e. The Balaban J connectivity index is 2.15. The fraction of sp³-hybridized carbons (Fsp3) is 0.368. The lowest BCUT2D eigenvalue weighted by atomic mass is 10.0. The van der Waals surface area contributed by atoms with Crippen molar-refractivity contribution < 1.29 is 43.5 Å². The molecule has 0 radical (unpaired) electrons. The summed E-state index contributed by atoms with van der Waals surface area (Å²) in [6.45, 7) is 1.28. The maximum absolute atomic E-state index is 14.5. The molecule has 3 aromatic rings. The van der Waals surface area contributed by atoms with Crippen molar-refractivity contribution in [2.75, 3.05) is 5.75 Å². The predicted molar refractivity (Wildman–Crippen MR) is 105 cm³/mol. The highest BCUT2D eigenvalue weighted by atomic mass is 32.2. The van der Waals surface area contributed by atoms with Gasteiger partial charge in [0, 0.05) is 31.2 Å². The molecule has 0 saturated heterocycles. The van der Waals surface area contributed by atoms with Crippen LogP contribution < -0.4 is 0 Å². The fourth-order valence-corrected chi connectivity index (χ4v) is 4.04. The summed E-state index contributed by atoms with van der Waals surface area (Å²) >= 11 is 0. The Hall–Kier alpha value is -3.17. The number of aromatic nitrogens is 5. The van der Waals surface area contributed by atoms with Crippen LogP contribution >= 0.6 is 0 Å². The summed E-state index contributed by atoms with van der Waals surface area (Å²) in [6.07, 6.45) is -6.73. The van der Waals surface area contributed by atoms with E-state index in [1.54, 1.807) is 0 Å². The first-order valence-electron chi connectivity index (χ1n) is 9.54. The van der Waals surface area contributed by atoms with Crippen LogP contribution in [0.2, 0.25) is 0 Å². The zero-order valence-corrected chi connectivity index (χ0v) is 18.5. The Morgan fingerprint density at radius 3 is 2.11 bits per heavy atom. The van der Waals surface area contributed by atoms with Gasteiger partial charge >= 0.3 is 18.0 Å². The molecule has 3 aromatic heterocycles. The van der Waals surface area contributed by atoms with Crippen molar-refractivity contribution in [1.29, 1.82) is 0 Å². The highest BCUT2D eigenvalue weighted by molar-refractivity contribution is 7.91. The molecule has 1 unspecified atom stereocenters. The molecule has 16 heteroatoms. The van der Waals surface area contributed by atoms with Crippen LogP contribution in [-0.2, 0) is 16.9 Å². The summed E-state index contributed by atoms with van der Waals surface area (Å²) in [6, 6.07) is 2.60. The zero-order chi connectivity index (χ0) is 26.4. The molecule has 0 aliphatic heterocycles. The molecule has 1 atom stereocenters. The molecular formula is C19H15F8N5O2S. The van der Waals surface area contributed by atoms with E-state index >= 15 is 0 Å². The summed E-state index contributed by atoms with van der Waals surface area (Å²) < 4.78 is 132. The second kappa shape index (κ2) is 8.80. The third-order valence-electron chi connectivity index (χ3n) is 4.98. The molecule has 0 saturated carbocycles. The van der Waals surface area contributed by atoms with Gasteiger partial charge in [0.25, 0.3) is 0 Å². The number of hydrogen-bond acceptors (Lipinski definition) is 6. The van der Waals surface area contributed by atoms with Crippen molar-refractivity contribution in [2.24, 2.45) is 7.05 Å². The summed E-state index contributed by atoms with van der Waals surface area (Å²) in [5.41, 5.74) is -1.69. The molecule has 35 heavy (non-hydrogen) atoms. The van der Waals surface area contributed by atoms with Crippen LogP contribution in [0.5, 0.6) is 0 Å². The molecule has 0 aliphatic rings. The monoisotopic (exact) mass is 529 g/mol. The van der Waals surface area contributed by atoms with E-state index in [2.05, 4.69) is 19.9 Å². The van der Waals surface area contributed by atoms with Gasteiger partial charge in [-0.25, -0.2) is 27.8 Å². The first kappa shape index (κ1) is 26.4. The van der Waals surface area contributed by atoms with Gasteiger partial charge in [-0.1, -0.05) is 6.92 Å². The molecular weight excluding hydrogens is 514 g/mol. The zero-order valence-electron chi connectivity index (χ0n) is 17.7. The van der Waals surface area contributed by atoms with Gasteiger partial charge < -0.3 is 4.57 Å². The molecule has 0 N–H and O–H groups in total. The first-order valence-corrected chi connectivity index (χ1v) is 11.2. The second-order valence-corrected chi connectivity index (χ2v) is 9.42. The maximum atomic E-state index is 14.5. The number of imidazole rings is 1. The average Bonchev–Trinajstić information content (AvgIpc) is 3.18. The lowest BCUT2D eigenvalue weighted by molar-refractivity contribution is -0.367. The minimum atomic E-state index is -6.73. The Morgan fingerprint density at radius 1 is 0.971 bits per heavy atom. The maximum Gasteiger partial charge on any atom is 0.460 e. The van der Waals surface area contributed by atoms with Crippen molar-refractivity contribution >= 4 is 9.84 Å². The Bertz CT molecular complexity index is 1330. The normalized spacial score (nSPS) is 14.2. The summed E-state index contributed by atoms with van der Waals surface area (Å²) in [7, 11) is -3.25. The van der Waals surface area contributed by atoms with Gasteiger partial charge in [-0.05, 0) is 12.1 Å². The molecule has 0 aromatic carbocycles. The Labute approximate surface area is 192 Å². The Morgan fingerprint density at radius 2 is 1.57 bits per heavy atom. The quantitative estimate of drug-likeness (QED) is 0.417. The van der Waals surface area contributed by atoms with Gasteiger partial charge in [0.15, 0.2) is 21.5 Å². The van der Waals surface area contributed by atoms with Crippen molar-refractivity contribution in [3.05, 3.63) is 42.6 Å². The number of nitrogens with zero attached hydrogens (tertiary/aromatic N) is 5. The van der Waals surface area contributed by atoms with Gasteiger partial charge in [0.05, 0.1) is 22.5 Å². The number of pyridine rings is 1. The van der Waals surface area contributed by atoms with Gasteiger partial charge in [0.1, 0.15) is 5.69 Å². The van der Waals surface area contributed by atoms with E-state index in [-0.39, 0.29) is 11.4 Å². The standard InChI is InChI=1S/C19H15F8N5O2S/c1-3-35(33,34)12-7-10(15-28-5-4-6-29-15)8-30-13(12)16-31-9-11(32(16)2)14(20)17(21,22)18(23,24)19(25,26)27/h4-9,14H,3H2,1-2H3. The van der Waals surface area contributed by atoms with Crippen LogP contribution in [0, 0.1) is 0 Å². The van der Waals surface area contributed by atoms with Crippen LogP contribution in [0.25, 0.3) is 22.9 Å². The van der Waals surface area contributed by atoms with Gasteiger partial charge in [0.2, 0.25) is 6.17 Å². The van der Waals surface area contributed by atoms with E-state index in [4.69, 9.17) is 0 Å². The van der Waals surface area contributed by atoms with Crippen LogP contribution in [0.15, 0.2) is 41.8 Å². The molecule has 0 spiro atoms. The van der Waals surface area contributed by atoms with Crippen LogP contribution in [0.4, 0.5) is 35.1 Å². The number of alkyl halides is 8.